The van der Waals surface area contributed by atoms with E-state index in [2.05, 4.69) is 15.1 Å². The van der Waals surface area contributed by atoms with Gasteiger partial charge in [0.1, 0.15) is 11.5 Å². The second-order valence-electron chi connectivity index (χ2n) is 5.21. The van der Waals surface area contributed by atoms with Gasteiger partial charge >= 0.3 is 5.97 Å². The van der Waals surface area contributed by atoms with Crippen LogP contribution in [0.4, 0.5) is 0 Å². The van der Waals surface area contributed by atoms with Crippen molar-refractivity contribution in [1.82, 2.24) is 24.1 Å². The molecule has 24 heavy (non-hydrogen) atoms. The third-order valence-corrected chi connectivity index (χ3v) is 3.84. The predicted octanol–water partition coefficient (Wildman–Crippen LogP) is 2.66. The van der Waals surface area contributed by atoms with Gasteiger partial charge in [0.15, 0.2) is 0 Å². The van der Waals surface area contributed by atoms with Crippen molar-refractivity contribution in [3.63, 3.8) is 0 Å². The van der Waals surface area contributed by atoms with Gasteiger partial charge in [-0.25, -0.2) is 19.4 Å². The Bertz CT molecular complexity index is 819. The molecule has 0 N–H and O–H groups in total. The van der Waals surface area contributed by atoms with Gasteiger partial charge < -0.3 is 9.14 Å². The van der Waals surface area contributed by atoms with Crippen LogP contribution in [0.2, 0.25) is 0 Å². The Labute approximate surface area is 140 Å². The number of ether oxygens (including phenoxy) is 1. The van der Waals surface area contributed by atoms with E-state index in [0.717, 1.165) is 30.1 Å². The molecule has 0 fully saturated rings. The summed E-state index contributed by atoms with van der Waals surface area (Å²) in [5, 5.41) is 4.24. The van der Waals surface area contributed by atoms with E-state index in [-0.39, 0.29) is 11.7 Å². The highest BCUT2D eigenvalue weighted by atomic mass is 16.5. The highest BCUT2D eigenvalue weighted by Gasteiger charge is 2.31. The van der Waals surface area contributed by atoms with E-state index >= 15 is 0 Å². The summed E-state index contributed by atoms with van der Waals surface area (Å²) >= 11 is 0. The summed E-state index contributed by atoms with van der Waals surface area (Å²) in [6.45, 7) is 6.82. The average molecular weight is 327 g/mol. The third-order valence-electron chi connectivity index (χ3n) is 3.84. The van der Waals surface area contributed by atoms with Gasteiger partial charge in [-0.2, -0.15) is 0 Å². The van der Waals surface area contributed by atoms with E-state index in [0.29, 0.717) is 6.61 Å². The summed E-state index contributed by atoms with van der Waals surface area (Å²) < 4.78 is 8.72. The minimum absolute atomic E-state index is 0.0653. The second kappa shape index (κ2) is 6.82. The molecule has 1 unspecified atom stereocenters. The SMILES string of the molecule is CC.CCOC(=O)c1nc2n(n1)CCC2c1cn2ccccc2n1. The van der Waals surface area contributed by atoms with Crippen LogP contribution in [0.15, 0.2) is 30.6 Å². The normalized spacial score (nSPS) is 15.7. The molecule has 1 aliphatic rings. The zero-order valence-corrected chi connectivity index (χ0v) is 14.1. The number of imidazole rings is 1. The number of hydrogen-bond acceptors (Lipinski definition) is 5. The maximum Gasteiger partial charge on any atom is 0.378 e. The number of nitrogens with zero attached hydrogens (tertiary/aromatic N) is 5. The van der Waals surface area contributed by atoms with Crippen molar-refractivity contribution in [2.75, 3.05) is 6.61 Å². The Kier molecular flexibility index (Phi) is 4.59. The first-order valence-corrected chi connectivity index (χ1v) is 8.31. The molecule has 4 heterocycles. The van der Waals surface area contributed by atoms with Crippen molar-refractivity contribution in [3.05, 3.63) is 47.9 Å². The third kappa shape index (κ3) is 2.77. The number of carbonyl (C=O) groups excluding carboxylic acids is 1. The van der Waals surface area contributed by atoms with Gasteiger partial charge in [0.05, 0.1) is 18.2 Å². The lowest BCUT2D eigenvalue weighted by Gasteiger charge is -2.02. The molecule has 0 saturated heterocycles. The van der Waals surface area contributed by atoms with E-state index in [1.54, 1.807) is 11.6 Å². The van der Waals surface area contributed by atoms with E-state index in [4.69, 9.17) is 4.74 Å². The molecule has 3 aromatic rings. The summed E-state index contributed by atoms with van der Waals surface area (Å²) in [6, 6.07) is 5.89. The quantitative estimate of drug-likeness (QED) is 0.691. The van der Waals surface area contributed by atoms with Crippen molar-refractivity contribution in [3.8, 4) is 0 Å². The molecule has 126 valence electrons. The monoisotopic (exact) mass is 327 g/mol. The maximum absolute atomic E-state index is 11.8. The van der Waals surface area contributed by atoms with Crippen LogP contribution >= 0.6 is 0 Å². The van der Waals surface area contributed by atoms with Crippen LogP contribution in [0.3, 0.4) is 0 Å². The van der Waals surface area contributed by atoms with Crippen molar-refractivity contribution in [2.45, 2.75) is 39.7 Å². The zero-order valence-electron chi connectivity index (χ0n) is 14.1. The largest absolute Gasteiger partial charge is 0.460 e. The maximum atomic E-state index is 11.8. The van der Waals surface area contributed by atoms with Crippen LogP contribution in [0.5, 0.6) is 0 Å². The van der Waals surface area contributed by atoms with Gasteiger partial charge in [0.25, 0.3) is 5.82 Å². The first-order chi connectivity index (χ1) is 11.8. The fourth-order valence-corrected chi connectivity index (χ4v) is 2.84. The average Bonchev–Trinajstić information content (AvgIpc) is 3.29. The Balaban J connectivity index is 0.000000815. The number of aromatic nitrogens is 5. The van der Waals surface area contributed by atoms with Crippen molar-refractivity contribution in [2.24, 2.45) is 0 Å². The van der Waals surface area contributed by atoms with E-state index in [1.165, 1.54) is 0 Å². The highest BCUT2D eigenvalue weighted by molar-refractivity contribution is 5.85. The molecule has 7 heteroatoms. The number of carbonyl (C=O) groups is 1. The number of hydrogen-bond donors (Lipinski definition) is 0. The van der Waals surface area contributed by atoms with Crippen LogP contribution in [-0.4, -0.2) is 36.7 Å². The molecule has 1 aliphatic heterocycles. The van der Waals surface area contributed by atoms with Crippen LogP contribution in [0.1, 0.15) is 55.2 Å². The molecule has 0 amide bonds. The molecule has 0 aromatic carbocycles. The summed E-state index contributed by atoms with van der Waals surface area (Å²) in [7, 11) is 0. The predicted molar refractivity (Wildman–Crippen MR) is 89.0 cm³/mol. The van der Waals surface area contributed by atoms with Crippen molar-refractivity contribution in [1.29, 1.82) is 0 Å². The Morgan fingerprint density at radius 3 is 2.92 bits per heavy atom. The molecule has 1 atom stereocenters. The van der Waals surface area contributed by atoms with Gasteiger partial charge in [0, 0.05) is 18.9 Å². The Hall–Kier alpha value is -2.70. The highest BCUT2D eigenvalue weighted by Crippen LogP contribution is 2.32. The van der Waals surface area contributed by atoms with Gasteiger partial charge in [0.2, 0.25) is 0 Å². The number of rotatable bonds is 3. The lowest BCUT2D eigenvalue weighted by atomic mass is 10.0. The van der Waals surface area contributed by atoms with E-state index < -0.39 is 5.97 Å². The molecule has 0 aliphatic carbocycles. The fraction of sp³-hybridized carbons (Fsp3) is 0.412. The molecule has 3 aromatic heterocycles. The fourth-order valence-electron chi connectivity index (χ4n) is 2.84. The van der Waals surface area contributed by atoms with Gasteiger partial charge in [-0.3, -0.25) is 0 Å². The standard InChI is InChI=1S/C15H15N5O2.C2H6/c1-2-22-15(21)13-17-14-10(6-8-20(14)18-13)11-9-19-7-4-3-5-12(19)16-11;1-2/h3-5,7,9-10H,2,6,8H2,1H3;1-2H3. The smallest absolute Gasteiger partial charge is 0.378 e. The minimum atomic E-state index is -0.474. The Morgan fingerprint density at radius 1 is 1.33 bits per heavy atom. The molecule has 7 nitrogen and oxygen atoms in total. The summed E-state index contributed by atoms with van der Waals surface area (Å²) in [4.78, 5) is 20.8. The van der Waals surface area contributed by atoms with E-state index in [1.807, 2.05) is 48.8 Å². The van der Waals surface area contributed by atoms with Crippen LogP contribution in [-0.2, 0) is 11.3 Å². The van der Waals surface area contributed by atoms with Crippen molar-refractivity contribution >= 4 is 11.6 Å². The van der Waals surface area contributed by atoms with Crippen molar-refractivity contribution < 1.29 is 9.53 Å². The zero-order chi connectivity index (χ0) is 17.1. The number of aryl methyl sites for hydroxylation is 1. The topological polar surface area (TPSA) is 74.3 Å². The first kappa shape index (κ1) is 16.2. The lowest BCUT2D eigenvalue weighted by Crippen LogP contribution is -2.08. The summed E-state index contributed by atoms with van der Waals surface area (Å²) in [5.41, 5.74) is 1.86. The van der Waals surface area contributed by atoms with E-state index in [9.17, 15) is 4.79 Å². The van der Waals surface area contributed by atoms with Crippen LogP contribution in [0, 0.1) is 0 Å². The Morgan fingerprint density at radius 2 is 2.17 bits per heavy atom. The summed E-state index contributed by atoms with van der Waals surface area (Å²) in [6.07, 6.45) is 4.87. The molecular weight excluding hydrogens is 306 g/mol. The van der Waals surface area contributed by atoms with Gasteiger partial charge in [-0.05, 0) is 25.5 Å². The van der Waals surface area contributed by atoms with Gasteiger partial charge in [-0.1, -0.05) is 19.9 Å². The van der Waals surface area contributed by atoms with Crippen LogP contribution in [0.25, 0.3) is 5.65 Å². The number of esters is 1. The minimum Gasteiger partial charge on any atom is -0.460 e. The molecule has 0 radical (unpaired) electrons. The molecule has 0 bridgehead atoms. The lowest BCUT2D eigenvalue weighted by molar-refractivity contribution is 0.0511. The summed E-state index contributed by atoms with van der Waals surface area (Å²) in [5.74, 6) is 0.505. The van der Waals surface area contributed by atoms with Crippen LogP contribution < -0.4 is 0 Å². The molecular formula is C17H21N5O2. The molecule has 0 saturated carbocycles. The number of pyridine rings is 1. The first-order valence-electron chi connectivity index (χ1n) is 8.31. The molecule has 0 spiro atoms. The second-order valence-corrected chi connectivity index (χ2v) is 5.21. The number of fused-ring (bicyclic) bond motifs is 2. The van der Waals surface area contributed by atoms with Gasteiger partial charge in [-0.15, -0.1) is 5.10 Å². The molecule has 4 rings (SSSR count).